The van der Waals surface area contributed by atoms with E-state index in [0.29, 0.717) is 5.76 Å². The fourth-order valence-corrected chi connectivity index (χ4v) is 2.99. The van der Waals surface area contributed by atoms with Gasteiger partial charge in [-0.05, 0) is 25.7 Å². The number of hydrogen-bond acceptors (Lipinski definition) is 2. The summed E-state index contributed by atoms with van der Waals surface area (Å²) in [6.07, 6.45) is 11.7. The molecule has 1 N–H and O–H groups in total. The number of hydrogen-bond donors (Lipinski definition) is 1. The second-order valence-electron chi connectivity index (χ2n) is 5.29. The Morgan fingerprint density at radius 3 is 1.94 bits per heavy atom. The first-order chi connectivity index (χ1) is 7.77. The predicted molar refractivity (Wildman–Crippen MR) is 64.3 cm³/mol. The summed E-state index contributed by atoms with van der Waals surface area (Å²) in [6, 6.07) is 0. The third-order valence-electron chi connectivity index (χ3n) is 4.07. The molecule has 0 bridgehead atoms. The summed E-state index contributed by atoms with van der Waals surface area (Å²) in [6.45, 7) is 0. The number of rotatable bonds is 3. The molecule has 0 aromatic rings. The fourth-order valence-electron chi connectivity index (χ4n) is 2.99. The molecule has 2 saturated carbocycles. The van der Waals surface area contributed by atoms with Crippen molar-refractivity contribution >= 4 is 5.78 Å². The maximum Gasteiger partial charge on any atom is 0.162 e. The Morgan fingerprint density at radius 1 is 0.882 bits per heavy atom. The van der Waals surface area contributed by atoms with Gasteiger partial charge in [-0.3, -0.25) is 4.79 Å². The van der Waals surface area contributed by atoms with Gasteiger partial charge in [0.1, 0.15) is 0 Å². The normalized spacial score (nSPS) is 23.4. The van der Waals surface area contributed by atoms with Crippen LogP contribution >= 0.6 is 0 Å². The second kappa shape index (κ2) is 7.23. The van der Waals surface area contributed by atoms with Crippen LogP contribution in [0, 0.1) is 11.8 Å². The van der Waals surface area contributed by atoms with Crippen molar-refractivity contribution in [3.8, 4) is 0 Å². The number of allylic oxidation sites excluding steroid dienone is 2. The first-order valence-electron chi connectivity index (χ1n) is 6.72. The van der Waals surface area contributed by atoms with Gasteiger partial charge < -0.3 is 5.11 Å². The van der Waals surface area contributed by atoms with E-state index in [1.54, 1.807) is 0 Å². The molecule has 2 rings (SSSR count). The fraction of sp³-hybridized carbons (Fsp3) is 0.786. The summed E-state index contributed by atoms with van der Waals surface area (Å²) in [5.74, 6) is 0.988. The number of carbonyl (C=O) groups excluding carboxylic acids is 1. The second-order valence-corrected chi connectivity index (χ2v) is 5.29. The first kappa shape index (κ1) is 14.8. The Hall–Kier alpha value is -0.271. The molecule has 0 spiro atoms. The minimum atomic E-state index is 0. The van der Waals surface area contributed by atoms with E-state index in [4.69, 9.17) is 0 Å². The molecule has 0 aromatic carbocycles. The maximum absolute atomic E-state index is 11.9. The van der Waals surface area contributed by atoms with Crippen LogP contribution in [0.5, 0.6) is 0 Å². The SMILES string of the molecule is O=C(/C=C(\O)C1CCCC1)C1CCCCC1.[Cu]. The van der Waals surface area contributed by atoms with Crippen molar-refractivity contribution in [1.82, 2.24) is 0 Å². The molecular weight excluding hydrogens is 264 g/mol. The van der Waals surface area contributed by atoms with Crippen molar-refractivity contribution in [2.45, 2.75) is 57.8 Å². The molecule has 101 valence electrons. The van der Waals surface area contributed by atoms with E-state index in [1.807, 2.05) is 0 Å². The summed E-state index contributed by atoms with van der Waals surface area (Å²) >= 11 is 0. The van der Waals surface area contributed by atoms with Crippen LogP contribution < -0.4 is 0 Å². The topological polar surface area (TPSA) is 37.3 Å². The van der Waals surface area contributed by atoms with E-state index in [1.165, 1.54) is 38.2 Å². The van der Waals surface area contributed by atoms with E-state index >= 15 is 0 Å². The average molecular weight is 286 g/mol. The average Bonchev–Trinajstić information content (AvgIpc) is 2.83. The first-order valence-corrected chi connectivity index (χ1v) is 6.72. The largest absolute Gasteiger partial charge is 0.512 e. The van der Waals surface area contributed by atoms with Crippen molar-refractivity contribution in [3.63, 3.8) is 0 Å². The molecule has 0 heterocycles. The van der Waals surface area contributed by atoms with Gasteiger partial charge >= 0.3 is 0 Å². The zero-order valence-electron chi connectivity index (χ0n) is 10.3. The summed E-state index contributed by atoms with van der Waals surface area (Å²) in [4.78, 5) is 11.9. The number of aliphatic hydroxyl groups is 1. The molecule has 0 aliphatic heterocycles. The van der Waals surface area contributed by atoms with Crippen LogP contribution in [-0.4, -0.2) is 10.9 Å². The van der Waals surface area contributed by atoms with Crippen LogP contribution in [0.25, 0.3) is 0 Å². The van der Waals surface area contributed by atoms with Gasteiger partial charge in [0.25, 0.3) is 0 Å². The van der Waals surface area contributed by atoms with Gasteiger partial charge in [0.2, 0.25) is 0 Å². The summed E-state index contributed by atoms with van der Waals surface area (Å²) < 4.78 is 0. The molecule has 2 aliphatic carbocycles. The molecule has 0 aromatic heterocycles. The van der Waals surface area contributed by atoms with Gasteiger partial charge in [0, 0.05) is 35.0 Å². The number of aliphatic hydroxyl groups excluding tert-OH is 1. The van der Waals surface area contributed by atoms with Gasteiger partial charge in [0.05, 0.1) is 5.76 Å². The smallest absolute Gasteiger partial charge is 0.162 e. The van der Waals surface area contributed by atoms with Crippen molar-refractivity contribution in [2.75, 3.05) is 0 Å². The van der Waals surface area contributed by atoms with Crippen LogP contribution in [0.3, 0.4) is 0 Å². The zero-order valence-corrected chi connectivity index (χ0v) is 11.2. The number of carbonyl (C=O) groups is 1. The van der Waals surface area contributed by atoms with Gasteiger partial charge in [-0.1, -0.05) is 32.1 Å². The molecule has 2 fully saturated rings. The van der Waals surface area contributed by atoms with E-state index in [2.05, 4.69) is 0 Å². The number of ketones is 1. The summed E-state index contributed by atoms with van der Waals surface area (Å²) in [5, 5.41) is 9.89. The molecule has 0 amide bonds. The molecule has 2 aliphatic rings. The van der Waals surface area contributed by atoms with Gasteiger partial charge in [0.15, 0.2) is 5.78 Å². The Balaban J connectivity index is 0.00000144. The third-order valence-corrected chi connectivity index (χ3v) is 4.07. The van der Waals surface area contributed by atoms with E-state index in [-0.39, 0.29) is 34.7 Å². The monoisotopic (exact) mass is 285 g/mol. The maximum atomic E-state index is 11.9. The van der Waals surface area contributed by atoms with Crippen LogP contribution in [0.15, 0.2) is 11.8 Å². The minimum absolute atomic E-state index is 0. The van der Waals surface area contributed by atoms with Crippen LogP contribution in [0.4, 0.5) is 0 Å². The molecule has 3 heteroatoms. The van der Waals surface area contributed by atoms with Crippen LogP contribution in [-0.2, 0) is 21.9 Å². The van der Waals surface area contributed by atoms with Crippen molar-refractivity contribution in [2.24, 2.45) is 11.8 Å². The van der Waals surface area contributed by atoms with Gasteiger partial charge in [-0.2, -0.15) is 0 Å². The summed E-state index contributed by atoms with van der Waals surface area (Å²) in [7, 11) is 0. The van der Waals surface area contributed by atoms with Crippen molar-refractivity contribution in [1.29, 1.82) is 0 Å². The Bertz CT molecular complexity index is 274. The predicted octanol–water partition coefficient (Wildman–Crippen LogP) is 3.77. The Labute approximate surface area is 114 Å². The molecular formula is C14H22CuO2. The molecule has 2 nitrogen and oxygen atoms in total. The third kappa shape index (κ3) is 4.15. The quantitative estimate of drug-likeness (QED) is 0.487. The van der Waals surface area contributed by atoms with Crippen molar-refractivity contribution < 1.29 is 27.0 Å². The van der Waals surface area contributed by atoms with E-state index in [9.17, 15) is 9.90 Å². The minimum Gasteiger partial charge on any atom is -0.512 e. The molecule has 0 atom stereocenters. The van der Waals surface area contributed by atoms with Gasteiger partial charge in [-0.15, -0.1) is 0 Å². The molecule has 1 radical (unpaired) electrons. The van der Waals surface area contributed by atoms with E-state index < -0.39 is 0 Å². The van der Waals surface area contributed by atoms with Crippen LogP contribution in [0.1, 0.15) is 57.8 Å². The Morgan fingerprint density at radius 2 is 1.35 bits per heavy atom. The van der Waals surface area contributed by atoms with E-state index in [0.717, 1.165) is 25.7 Å². The zero-order chi connectivity index (χ0) is 11.4. The van der Waals surface area contributed by atoms with Crippen molar-refractivity contribution in [3.05, 3.63) is 11.8 Å². The standard InChI is InChI=1S/C14H22O2.Cu/c15-13(11-6-2-1-3-7-11)10-14(16)12-8-4-5-9-12;/h10-12,16H,1-9H2;/b14-10-;. The molecule has 0 saturated heterocycles. The Kier molecular flexibility index (Phi) is 6.29. The summed E-state index contributed by atoms with van der Waals surface area (Å²) in [5.41, 5.74) is 0. The van der Waals surface area contributed by atoms with Crippen LogP contribution in [0.2, 0.25) is 0 Å². The molecule has 17 heavy (non-hydrogen) atoms. The molecule has 0 unspecified atom stereocenters. The van der Waals surface area contributed by atoms with Gasteiger partial charge in [-0.25, -0.2) is 0 Å².